The Bertz CT molecular complexity index is 1150. The van der Waals surface area contributed by atoms with E-state index in [9.17, 15) is 19.0 Å². The van der Waals surface area contributed by atoms with Gasteiger partial charge in [0.2, 0.25) is 0 Å². The number of rotatable bonds is 58. The van der Waals surface area contributed by atoms with Crippen LogP contribution in [0.3, 0.4) is 0 Å². The average molecular weight is 1010 g/mol. The zero-order valence-electron chi connectivity index (χ0n) is 47.5. The third-order valence-corrected chi connectivity index (χ3v) is 15.1. The van der Waals surface area contributed by atoms with Gasteiger partial charge in [-0.1, -0.05) is 296 Å². The first kappa shape index (κ1) is 69.0. The fourth-order valence-corrected chi connectivity index (χ4v) is 10.1. The topological polar surface area (TPSA) is 111 Å². The van der Waals surface area contributed by atoms with Crippen LogP contribution in [0.4, 0.5) is 0 Å². The molecular weight excluding hydrogens is 894 g/mol. The monoisotopic (exact) mass is 1010 g/mol. The minimum absolute atomic E-state index is 0.0256. The summed E-state index contributed by atoms with van der Waals surface area (Å²) in [5, 5.41) is 0. The lowest BCUT2D eigenvalue weighted by atomic mass is 10.0. The number of likely N-dealkylation sites (N-methyl/N-ethyl adjacent to an activating group) is 1. The first-order valence-corrected chi connectivity index (χ1v) is 32.2. The van der Waals surface area contributed by atoms with Crippen molar-refractivity contribution in [3.63, 3.8) is 0 Å². The second kappa shape index (κ2) is 52.9. The van der Waals surface area contributed by atoms with Gasteiger partial charge in [0.25, 0.3) is 7.82 Å². The number of carbonyl (C=O) groups excluding carboxylic acids is 2. The third kappa shape index (κ3) is 56.3. The van der Waals surface area contributed by atoms with Crippen molar-refractivity contribution in [1.82, 2.24) is 0 Å². The lowest BCUT2D eigenvalue weighted by Crippen LogP contribution is -2.37. The SMILES string of the molecule is CCCCCCCCCCCCCCCCCCCCCCCCCCCCCCCCCCCCCCCC(=O)OC(COC(=O)CCCCCCCCCCC)COP(=O)([O-])OCC[N+](C)(C)C. The predicted molar refractivity (Wildman–Crippen MR) is 296 cm³/mol. The molecule has 0 heterocycles. The van der Waals surface area contributed by atoms with Crippen molar-refractivity contribution in [2.75, 3.05) is 47.5 Å². The molecule has 0 saturated carbocycles. The molecule has 2 unspecified atom stereocenters. The van der Waals surface area contributed by atoms with Gasteiger partial charge in [0.05, 0.1) is 27.7 Å². The van der Waals surface area contributed by atoms with Crippen LogP contribution in [-0.2, 0) is 32.7 Å². The maximum absolute atomic E-state index is 12.7. The summed E-state index contributed by atoms with van der Waals surface area (Å²) in [6.45, 7) is 4.27. The van der Waals surface area contributed by atoms with Crippen molar-refractivity contribution in [1.29, 1.82) is 0 Å². The van der Waals surface area contributed by atoms with Crippen molar-refractivity contribution < 1.29 is 42.1 Å². The molecule has 0 aliphatic heterocycles. The number of phosphoric acid groups is 1. The summed E-state index contributed by atoms with van der Waals surface area (Å²) in [7, 11) is 1.19. The van der Waals surface area contributed by atoms with E-state index >= 15 is 0 Å². The number of hydrogen-bond donors (Lipinski definition) is 0. The summed E-state index contributed by atoms with van der Waals surface area (Å²) in [5.74, 6) is -0.818. The molecule has 10 heteroatoms. The van der Waals surface area contributed by atoms with Crippen LogP contribution in [0.2, 0.25) is 0 Å². The zero-order valence-corrected chi connectivity index (χ0v) is 48.4. The number of phosphoric ester groups is 1. The standard InChI is InChI=1S/C60H120NO8P/c1-6-8-10-12-14-16-17-18-19-20-21-22-23-24-25-26-27-28-29-30-31-32-33-34-35-36-37-38-39-40-41-42-43-45-47-49-51-53-60(63)69-58(57-68-70(64,65)67-55-54-61(3,4)5)56-66-59(62)52-50-48-46-44-15-13-11-9-7-2/h58H,6-57H2,1-5H3. The fourth-order valence-electron chi connectivity index (χ4n) is 9.37. The van der Waals surface area contributed by atoms with E-state index in [1.54, 1.807) is 0 Å². The number of ether oxygens (including phenoxy) is 2. The lowest BCUT2D eigenvalue weighted by Gasteiger charge is -2.28. The fraction of sp³-hybridized carbons (Fsp3) is 0.967. The first-order chi connectivity index (χ1) is 34.0. The zero-order chi connectivity index (χ0) is 51.3. The Morgan fingerprint density at radius 3 is 0.914 bits per heavy atom. The van der Waals surface area contributed by atoms with Gasteiger partial charge < -0.3 is 27.9 Å². The molecular formula is C60H120NO8P. The molecule has 0 aliphatic rings. The van der Waals surface area contributed by atoms with Crippen LogP contribution in [-0.4, -0.2) is 70.0 Å². The van der Waals surface area contributed by atoms with Gasteiger partial charge in [0, 0.05) is 12.8 Å². The van der Waals surface area contributed by atoms with Crippen molar-refractivity contribution in [2.45, 2.75) is 328 Å². The highest BCUT2D eigenvalue weighted by molar-refractivity contribution is 7.45. The minimum Gasteiger partial charge on any atom is -0.756 e. The number of nitrogens with zero attached hydrogens (tertiary/aromatic N) is 1. The summed E-state index contributed by atoms with van der Waals surface area (Å²) in [6.07, 6.45) is 60.7. The van der Waals surface area contributed by atoms with Gasteiger partial charge >= 0.3 is 11.9 Å². The molecule has 0 aromatic heterocycles. The number of esters is 2. The van der Waals surface area contributed by atoms with E-state index in [0.717, 1.165) is 32.1 Å². The second-order valence-electron chi connectivity index (χ2n) is 22.4. The average Bonchev–Trinajstić information content (AvgIpc) is 3.32. The molecule has 0 fully saturated rings. The lowest BCUT2D eigenvalue weighted by molar-refractivity contribution is -0.870. The van der Waals surface area contributed by atoms with Crippen LogP contribution in [0.1, 0.15) is 322 Å². The Kier molecular flexibility index (Phi) is 52.1. The number of carbonyl (C=O) groups is 2. The molecule has 0 saturated heterocycles. The predicted octanol–water partition coefficient (Wildman–Crippen LogP) is 18.4. The largest absolute Gasteiger partial charge is 0.756 e. The Hall–Kier alpha value is -0.990. The highest BCUT2D eigenvalue weighted by Crippen LogP contribution is 2.38. The van der Waals surface area contributed by atoms with E-state index in [0.29, 0.717) is 17.4 Å². The molecule has 0 rings (SSSR count). The molecule has 0 aliphatic carbocycles. The highest BCUT2D eigenvalue weighted by atomic mass is 31.2. The minimum atomic E-state index is -4.62. The smallest absolute Gasteiger partial charge is 0.306 e. The molecule has 0 amide bonds. The van der Waals surface area contributed by atoms with Crippen LogP contribution >= 0.6 is 7.82 Å². The summed E-state index contributed by atoms with van der Waals surface area (Å²) in [4.78, 5) is 37.6. The van der Waals surface area contributed by atoms with E-state index in [4.69, 9.17) is 18.5 Å². The van der Waals surface area contributed by atoms with Crippen LogP contribution < -0.4 is 4.89 Å². The van der Waals surface area contributed by atoms with Gasteiger partial charge in [-0.25, -0.2) is 0 Å². The maximum atomic E-state index is 12.7. The third-order valence-electron chi connectivity index (χ3n) is 14.1. The molecule has 9 nitrogen and oxygen atoms in total. The van der Waals surface area contributed by atoms with E-state index < -0.39 is 26.5 Å². The Labute approximate surface area is 435 Å². The molecule has 418 valence electrons. The molecule has 0 N–H and O–H groups in total. The van der Waals surface area contributed by atoms with Crippen molar-refractivity contribution in [3.05, 3.63) is 0 Å². The van der Waals surface area contributed by atoms with Crippen molar-refractivity contribution >= 4 is 19.8 Å². The van der Waals surface area contributed by atoms with Crippen molar-refractivity contribution in [3.8, 4) is 0 Å². The van der Waals surface area contributed by atoms with Gasteiger partial charge in [-0.15, -0.1) is 0 Å². The number of quaternary nitrogens is 1. The van der Waals surface area contributed by atoms with Gasteiger partial charge in [-0.05, 0) is 12.8 Å². The quantitative estimate of drug-likeness (QED) is 0.0256. The molecule has 0 aromatic rings. The van der Waals surface area contributed by atoms with Crippen LogP contribution in [0.15, 0.2) is 0 Å². The summed E-state index contributed by atoms with van der Waals surface area (Å²) in [6, 6.07) is 0. The molecule has 0 aromatic carbocycles. The Balaban J connectivity index is 3.78. The van der Waals surface area contributed by atoms with Crippen LogP contribution in [0.25, 0.3) is 0 Å². The molecule has 0 bridgehead atoms. The van der Waals surface area contributed by atoms with Crippen LogP contribution in [0, 0.1) is 0 Å². The second-order valence-corrected chi connectivity index (χ2v) is 23.9. The summed E-state index contributed by atoms with van der Waals surface area (Å²) in [5.41, 5.74) is 0. The molecule has 0 spiro atoms. The Morgan fingerprint density at radius 1 is 0.386 bits per heavy atom. The Morgan fingerprint density at radius 2 is 0.643 bits per heavy atom. The molecule has 0 radical (unpaired) electrons. The first-order valence-electron chi connectivity index (χ1n) is 30.7. The van der Waals surface area contributed by atoms with Gasteiger partial charge in [0.1, 0.15) is 19.8 Å². The molecule has 70 heavy (non-hydrogen) atoms. The number of hydrogen-bond acceptors (Lipinski definition) is 8. The van der Waals surface area contributed by atoms with Gasteiger partial charge in [0.15, 0.2) is 6.10 Å². The summed E-state index contributed by atoms with van der Waals surface area (Å²) >= 11 is 0. The maximum Gasteiger partial charge on any atom is 0.306 e. The van der Waals surface area contributed by atoms with E-state index in [1.807, 2.05) is 21.1 Å². The highest BCUT2D eigenvalue weighted by Gasteiger charge is 2.22. The van der Waals surface area contributed by atoms with E-state index in [1.165, 1.54) is 257 Å². The summed E-state index contributed by atoms with van der Waals surface area (Å²) < 4.78 is 34.0. The van der Waals surface area contributed by atoms with E-state index in [2.05, 4.69) is 13.8 Å². The van der Waals surface area contributed by atoms with Gasteiger partial charge in [-0.2, -0.15) is 0 Å². The van der Waals surface area contributed by atoms with Crippen LogP contribution in [0.5, 0.6) is 0 Å². The van der Waals surface area contributed by atoms with Gasteiger partial charge in [-0.3, -0.25) is 14.2 Å². The van der Waals surface area contributed by atoms with E-state index in [-0.39, 0.29) is 32.0 Å². The van der Waals surface area contributed by atoms with Crippen molar-refractivity contribution in [2.24, 2.45) is 0 Å². The number of unbranched alkanes of at least 4 members (excludes halogenated alkanes) is 44. The molecule has 2 atom stereocenters. The normalized spacial score (nSPS) is 13.2.